The molecule has 0 aromatic heterocycles. The summed E-state index contributed by atoms with van der Waals surface area (Å²) >= 11 is 0. The molecule has 1 rings (SSSR count). The maximum absolute atomic E-state index is 13.1. The normalized spacial score (nSPS) is 9.00. The van der Waals surface area contributed by atoms with Gasteiger partial charge in [-0.25, -0.2) is 4.39 Å². The average Bonchev–Trinajstić information content (AvgIpc) is 2.09. The van der Waals surface area contributed by atoms with Gasteiger partial charge in [0.15, 0.2) is 0 Å². The molecule has 0 saturated heterocycles. The zero-order valence-corrected chi connectivity index (χ0v) is 6.25. The first-order chi connectivity index (χ1) is 5.79. The van der Waals surface area contributed by atoms with Gasteiger partial charge in [-0.1, -0.05) is 12.1 Å². The van der Waals surface area contributed by atoms with Crippen molar-refractivity contribution in [3.05, 3.63) is 35.1 Å². The minimum Gasteiger partial charge on any atom is -0.303 e. The molecule has 2 nitrogen and oxygen atoms in total. The summed E-state index contributed by atoms with van der Waals surface area (Å²) < 4.78 is 13.1. The fourth-order valence-corrected chi connectivity index (χ4v) is 0.914. The molecule has 0 aliphatic heterocycles. The monoisotopic (exact) mass is 163 g/mol. The highest BCUT2D eigenvalue weighted by molar-refractivity contribution is 5.55. The molecule has 60 valence electrons. The molecule has 1 aromatic carbocycles. The van der Waals surface area contributed by atoms with Gasteiger partial charge in [0.1, 0.15) is 18.2 Å². The Morgan fingerprint density at radius 2 is 2.33 bits per heavy atom. The number of hydrogen-bond acceptors (Lipinski definition) is 2. The predicted molar refractivity (Wildman–Crippen MR) is 40.9 cm³/mol. The fraction of sp³-hybridized carbons (Fsp3) is 0.111. The first-order valence-electron chi connectivity index (χ1n) is 3.40. The van der Waals surface area contributed by atoms with E-state index in [4.69, 9.17) is 5.26 Å². The molecule has 12 heavy (non-hydrogen) atoms. The molecule has 0 unspecified atom stereocenters. The number of hydrogen-bond donors (Lipinski definition) is 0. The zero-order valence-electron chi connectivity index (χ0n) is 6.25. The first-order valence-corrected chi connectivity index (χ1v) is 3.40. The smallest absolute Gasteiger partial charge is 0.144 e. The van der Waals surface area contributed by atoms with E-state index in [-0.39, 0.29) is 17.5 Å². The number of aldehydes is 1. The molecule has 3 heteroatoms. The topological polar surface area (TPSA) is 40.9 Å². The molecule has 0 amide bonds. The maximum atomic E-state index is 13.1. The third-order valence-electron chi connectivity index (χ3n) is 1.50. The second kappa shape index (κ2) is 3.63. The van der Waals surface area contributed by atoms with Crippen molar-refractivity contribution < 1.29 is 9.18 Å². The van der Waals surface area contributed by atoms with Gasteiger partial charge >= 0.3 is 0 Å². The van der Waals surface area contributed by atoms with Crippen LogP contribution in [0, 0.1) is 17.1 Å². The molecule has 0 bridgehead atoms. The van der Waals surface area contributed by atoms with E-state index >= 15 is 0 Å². The Labute approximate surface area is 69.2 Å². The van der Waals surface area contributed by atoms with Crippen LogP contribution in [0.15, 0.2) is 18.2 Å². The second-order valence-corrected chi connectivity index (χ2v) is 2.26. The summed E-state index contributed by atoms with van der Waals surface area (Å²) in [6.45, 7) is 0. The Morgan fingerprint density at radius 1 is 1.58 bits per heavy atom. The molecule has 0 aliphatic carbocycles. The van der Waals surface area contributed by atoms with Crippen molar-refractivity contribution in [1.82, 2.24) is 0 Å². The van der Waals surface area contributed by atoms with Crippen LogP contribution in [0.3, 0.4) is 0 Å². The van der Waals surface area contributed by atoms with E-state index in [2.05, 4.69) is 0 Å². The Morgan fingerprint density at radius 3 is 2.92 bits per heavy atom. The number of rotatable bonds is 2. The SMILES string of the molecule is N#Cc1cccc(CC=O)c1F. The van der Waals surface area contributed by atoms with Crippen molar-refractivity contribution in [1.29, 1.82) is 5.26 Å². The summed E-state index contributed by atoms with van der Waals surface area (Å²) in [5.74, 6) is -0.591. The third kappa shape index (κ3) is 1.48. The summed E-state index contributed by atoms with van der Waals surface area (Å²) in [5.41, 5.74) is 0.249. The minimum absolute atomic E-state index is 0.0152. The minimum atomic E-state index is -0.591. The molecule has 0 atom stereocenters. The molecule has 0 radical (unpaired) electrons. The Balaban J connectivity index is 3.15. The van der Waals surface area contributed by atoms with Crippen molar-refractivity contribution in [3.63, 3.8) is 0 Å². The van der Waals surface area contributed by atoms with Crippen LogP contribution in [0.25, 0.3) is 0 Å². The molecule has 0 saturated carbocycles. The van der Waals surface area contributed by atoms with Gasteiger partial charge < -0.3 is 4.79 Å². The van der Waals surface area contributed by atoms with Crippen molar-refractivity contribution in [2.24, 2.45) is 0 Å². The van der Waals surface area contributed by atoms with E-state index in [0.717, 1.165) is 0 Å². The second-order valence-electron chi connectivity index (χ2n) is 2.26. The number of nitriles is 1. The van der Waals surface area contributed by atoms with Crippen LogP contribution in [0.2, 0.25) is 0 Å². The molecular weight excluding hydrogens is 157 g/mol. The van der Waals surface area contributed by atoms with Gasteiger partial charge in [-0.15, -0.1) is 0 Å². The van der Waals surface area contributed by atoms with Crippen LogP contribution in [0.5, 0.6) is 0 Å². The molecule has 0 heterocycles. The van der Waals surface area contributed by atoms with Gasteiger partial charge in [0.25, 0.3) is 0 Å². The molecule has 0 spiro atoms. The maximum Gasteiger partial charge on any atom is 0.144 e. The van der Waals surface area contributed by atoms with Crippen molar-refractivity contribution >= 4 is 6.29 Å². The van der Waals surface area contributed by atoms with Crippen molar-refractivity contribution in [3.8, 4) is 6.07 Å². The standard InChI is InChI=1S/C9H6FNO/c10-9-7(4-5-12)2-1-3-8(9)6-11/h1-3,5H,4H2. The van der Waals surface area contributed by atoms with E-state index in [9.17, 15) is 9.18 Å². The average molecular weight is 163 g/mol. The Kier molecular flexibility index (Phi) is 2.54. The van der Waals surface area contributed by atoms with E-state index in [1.165, 1.54) is 12.1 Å². The molecule has 0 aliphatic rings. The van der Waals surface area contributed by atoms with Gasteiger partial charge in [0, 0.05) is 6.42 Å². The lowest BCUT2D eigenvalue weighted by atomic mass is 10.1. The fourth-order valence-electron chi connectivity index (χ4n) is 0.914. The van der Waals surface area contributed by atoms with Crippen LogP contribution in [-0.2, 0) is 11.2 Å². The lowest BCUT2D eigenvalue weighted by molar-refractivity contribution is -0.107. The van der Waals surface area contributed by atoms with Gasteiger partial charge in [0.05, 0.1) is 5.56 Å². The number of nitrogens with zero attached hydrogens (tertiary/aromatic N) is 1. The van der Waals surface area contributed by atoms with Crippen molar-refractivity contribution in [2.45, 2.75) is 6.42 Å². The number of carbonyl (C=O) groups is 1. The zero-order chi connectivity index (χ0) is 8.97. The van der Waals surface area contributed by atoms with Crippen LogP contribution < -0.4 is 0 Å². The Hall–Kier alpha value is -1.69. The summed E-state index contributed by atoms with van der Waals surface area (Å²) in [6.07, 6.45) is 0.626. The summed E-state index contributed by atoms with van der Waals surface area (Å²) in [5, 5.41) is 8.43. The summed E-state index contributed by atoms with van der Waals surface area (Å²) in [7, 11) is 0. The van der Waals surface area contributed by atoms with E-state index in [1.54, 1.807) is 12.1 Å². The van der Waals surface area contributed by atoms with Gasteiger partial charge in [0.2, 0.25) is 0 Å². The van der Waals surface area contributed by atoms with Crippen molar-refractivity contribution in [2.75, 3.05) is 0 Å². The van der Waals surface area contributed by atoms with Gasteiger partial charge in [-0.2, -0.15) is 5.26 Å². The van der Waals surface area contributed by atoms with Gasteiger partial charge in [-0.3, -0.25) is 0 Å². The lowest BCUT2D eigenvalue weighted by Gasteiger charge is -1.98. The number of carbonyl (C=O) groups excluding carboxylic acids is 1. The molecular formula is C9H6FNO. The largest absolute Gasteiger partial charge is 0.303 e. The Bertz CT molecular complexity index is 341. The third-order valence-corrected chi connectivity index (χ3v) is 1.50. The van der Waals surface area contributed by atoms with E-state index < -0.39 is 5.82 Å². The highest BCUT2D eigenvalue weighted by atomic mass is 19.1. The molecule has 1 aromatic rings. The van der Waals surface area contributed by atoms with Crippen LogP contribution in [0.1, 0.15) is 11.1 Å². The predicted octanol–water partition coefficient (Wildman–Crippen LogP) is 1.44. The highest BCUT2D eigenvalue weighted by Gasteiger charge is 2.05. The summed E-state index contributed by atoms with van der Waals surface area (Å²) in [6, 6.07) is 6.13. The van der Waals surface area contributed by atoms with Crippen LogP contribution in [0.4, 0.5) is 4.39 Å². The number of halogens is 1. The number of benzene rings is 1. The van der Waals surface area contributed by atoms with Crippen LogP contribution in [-0.4, -0.2) is 6.29 Å². The molecule has 0 fully saturated rings. The summed E-state index contributed by atoms with van der Waals surface area (Å²) in [4.78, 5) is 10.1. The quantitative estimate of drug-likeness (QED) is 0.619. The van der Waals surface area contributed by atoms with Gasteiger partial charge in [-0.05, 0) is 11.6 Å². The highest BCUT2D eigenvalue weighted by Crippen LogP contribution is 2.11. The van der Waals surface area contributed by atoms with E-state index in [1.807, 2.05) is 0 Å². The molecule has 0 N–H and O–H groups in total. The lowest BCUT2D eigenvalue weighted by Crippen LogP contribution is -1.94. The first kappa shape index (κ1) is 8.41. The van der Waals surface area contributed by atoms with Crippen LogP contribution >= 0.6 is 0 Å². The van der Waals surface area contributed by atoms with E-state index in [0.29, 0.717) is 6.29 Å².